The van der Waals surface area contributed by atoms with E-state index in [1.54, 1.807) is 0 Å². The molecule has 7 heteroatoms. The lowest BCUT2D eigenvalue weighted by Gasteiger charge is -2.14. The average molecular weight is 259 g/mol. The first-order chi connectivity index (χ1) is 8.15. The molecular weight excluding hydrogens is 244 g/mol. The highest BCUT2D eigenvalue weighted by atomic mass is 35.5. The molecule has 1 rings (SSSR count). The lowest BCUT2D eigenvalue weighted by Crippen LogP contribution is -2.29. The normalized spacial score (nSPS) is 12.2. The van der Waals surface area contributed by atoms with Crippen molar-refractivity contribution in [2.24, 2.45) is 5.73 Å². The Bertz CT molecular complexity index is 375. The summed E-state index contributed by atoms with van der Waals surface area (Å²) in [5.41, 5.74) is 5.47. The molecule has 0 aromatic carbocycles. The van der Waals surface area contributed by atoms with E-state index in [0.29, 0.717) is 19.0 Å². The fourth-order valence-corrected chi connectivity index (χ4v) is 1.40. The molecule has 0 fully saturated rings. The van der Waals surface area contributed by atoms with E-state index in [2.05, 4.69) is 15.3 Å². The van der Waals surface area contributed by atoms with Crippen LogP contribution in [0.3, 0.4) is 0 Å². The summed E-state index contributed by atoms with van der Waals surface area (Å²) in [7, 11) is 0. The van der Waals surface area contributed by atoms with Gasteiger partial charge in [0.25, 0.3) is 0 Å². The molecular formula is C10H15ClN4O2. The number of halogens is 1. The summed E-state index contributed by atoms with van der Waals surface area (Å²) >= 11 is 5.66. The molecule has 0 saturated heterocycles. The summed E-state index contributed by atoms with van der Waals surface area (Å²) in [6, 6.07) is 1.47. The number of nitrogens with zero attached hydrogens (tertiary/aromatic N) is 2. The average Bonchev–Trinajstić information content (AvgIpc) is 2.28. The fourth-order valence-electron chi connectivity index (χ4n) is 1.25. The number of nitrogens with one attached hydrogen (secondary N) is 1. The Morgan fingerprint density at radius 1 is 1.65 bits per heavy atom. The first-order valence-electron chi connectivity index (χ1n) is 5.24. The Morgan fingerprint density at radius 2 is 2.41 bits per heavy atom. The van der Waals surface area contributed by atoms with Crippen molar-refractivity contribution in [3.63, 3.8) is 0 Å². The second-order valence-corrected chi connectivity index (χ2v) is 3.68. The van der Waals surface area contributed by atoms with E-state index in [4.69, 9.17) is 22.1 Å². The zero-order chi connectivity index (χ0) is 12.7. The summed E-state index contributed by atoms with van der Waals surface area (Å²) < 4.78 is 5.28. The van der Waals surface area contributed by atoms with E-state index in [9.17, 15) is 4.79 Å². The van der Waals surface area contributed by atoms with Gasteiger partial charge in [-0.3, -0.25) is 4.79 Å². The maximum atomic E-state index is 11.6. The van der Waals surface area contributed by atoms with Gasteiger partial charge < -0.3 is 15.8 Å². The number of amides is 1. The van der Waals surface area contributed by atoms with Crippen LogP contribution in [0.15, 0.2) is 12.4 Å². The Labute approximate surface area is 105 Å². The smallest absolute Gasteiger partial charge is 0.228 e. The number of hydrogen-bond donors (Lipinski definition) is 2. The first kappa shape index (κ1) is 13.8. The molecule has 1 aromatic rings. The number of carbonyl (C=O) groups excluding carboxylic acids is 1. The zero-order valence-corrected chi connectivity index (χ0v) is 10.3. The van der Waals surface area contributed by atoms with Crippen molar-refractivity contribution in [2.75, 3.05) is 18.5 Å². The van der Waals surface area contributed by atoms with E-state index >= 15 is 0 Å². The first-order valence-corrected chi connectivity index (χ1v) is 5.62. The summed E-state index contributed by atoms with van der Waals surface area (Å²) in [6.45, 7) is 2.67. The topological polar surface area (TPSA) is 90.1 Å². The van der Waals surface area contributed by atoms with Gasteiger partial charge in [-0.15, -0.1) is 0 Å². The van der Waals surface area contributed by atoms with Crippen molar-refractivity contribution in [3.05, 3.63) is 17.5 Å². The van der Waals surface area contributed by atoms with Gasteiger partial charge in [-0.25, -0.2) is 9.97 Å². The molecule has 1 aromatic heterocycles. The maximum absolute atomic E-state index is 11.6. The zero-order valence-electron chi connectivity index (χ0n) is 9.52. The quantitative estimate of drug-likeness (QED) is 0.738. The minimum atomic E-state index is -0.280. The Balaban J connectivity index is 2.49. The molecule has 0 aliphatic heterocycles. The highest BCUT2D eigenvalue weighted by molar-refractivity contribution is 6.29. The van der Waals surface area contributed by atoms with Crippen LogP contribution >= 0.6 is 11.6 Å². The molecule has 94 valence electrons. The monoisotopic (exact) mass is 258 g/mol. The third-order valence-corrected chi connectivity index (χ3v) is 2.19. The van der Waals surface area contributed by atoms with Gasteiger partial charge >= 0.3 is 0 Å². The Kier molecular flexibility index (Phi) is 5.82. The van der Waals surface area contributed by atoms with Crippen LogP contribution in [-0.2, 0) is 9.53 Å². The maximum Gasteiger partial charge on any atom is 0.228 e. The summed E-state index contributed by atoms with van der Waals surface area (Å²) in [5.74, 6) is 0.144. The van der Waals surface area contributed by atoms with Crippen LogP contribution in [-0.4, -0.2) is 35.1 Å². The molecule has 6 nitrogen and oxygen atoms in total. The van der Waals surface area contributed by atoms with E-state index < -0.39 is 0 Å². The van der Waals surface area contributed by atoms with Crippen LogP contribution in [0.5, 0.6) is 0 Å². The molecule has 1 unspecified atom stereocenters. The van der Waals surface area contributed by atoms with Crippen molar-refractivity contribution in [1.82, 2.24) is 9.97 Å². The number of anilines is 1. The SMILES string of the molecule is CCOC(CN)CC(=O)Nc1cc(Cl)ncn1. The fraction of sp³-hybridized carbons (Fsp3) is 0.500. The number of rotatable bonds is 6. The van der Waals surface area contributed by atoms with Crippen LogP contribution in [0.2, 0.25) is 5.15 Å². The van der Waals surface area contributed by atoms with Crippen molar-refractivity contribution in [3.8, 4) is 0 Å². The van der Waals surface area contributed by atoms with Gasteiger partial charge in [0.2, 0.25) is 5.91 Å². The largest absolute Gasteiger partial charge is 0.377 e. The van der Waals surface area contributed by atoms with Gasteiger partial charge in [-0.2, -0.15) is 0 Å². The van der Waals surface area contributed by atoms with E-state index in [1.165, 1.54) is 12.4 Å². The molecule has 0 saturated carbocycles. The highest BCUT2D eigenvalue weighted by Gasteiger charge is 2.12. The number of ether oxygens (including phenoxy) is 1. The highest BCUT2D eigenvalue weighted by Crippen LogP contribution is 2.09. The van der Waals surface area contributed by atoms with Gasteiger partial charge in [-0.1, -0.05) is 11.6 Å². The third-order valence-electron chi connectivity index (χ3n) is 1.98. The molecule has 1 amide bonds. The number of aromatic nitrogens is 2. The van der Waals surface area contributed by atoms with Crippen molar-refractivity contribution >= 4 is 23.3 Å². The van der Waals surface area contributed by atoms with Crippen LogP contribution in [0.1, 0.15) is 13.3 Å². The molecule has 1 heterocycles. The number of carbonyl (C=O) groups is 1. The van der Waals surface area contributed by atoms with E-state index in [0.717, 1.165) is 0 Å². The molecule has 1 atom stereocenters. The van der Waals surface area contributed by atoms with Crippen molar-refractivity contribution in [1.29, 1.82) is 0 Å². The van der Waals surface area contributed by atoms with Crippen molar-refractivity contribution < 1.29 is 9.53 Å². The number of nitrogens with two attached hydrogens (primary N) is 1. The summed E-state index contributed by atoms with van der Waals surface area (Å²) in [6.07, 6.45) is 1.18. The Hall–Kier alpha value is -1.24. The lowest BCUT2D eigenvalue weighted by molar-refractivity contribution is -0.118. The van der Waals surface area contributed by atoms with Crippen LogP contribution in [0.25, 0.3) is 0 Å². The van der Waals surface area contributed by atoms with E-state index in [-0.39, 0.29) is 23.6 Å². The van der Waals surface area contributed by atoms with Crippen LogP contribution in [0, 0.1) is 0 Å². The minimum Gasteiger partial charge on any atom is -0.377 e. The minimum absolute atomic E-state index is 0.186. The molecule has 0 radical (unpaired) electrons. The predicted molar refractivity (Wildman–Crippen MR) is 64.8 cm³/mol. The molecule has 0 bridgehead atoms. The standard InChI is InChI=1S/C10H15ClN4O2/c1-2-17-7(5-12)3-10(16)15-9-4-8(11)13-6-14-9/h4,6-7H,2-3,5,12H2,1H3,(H,13,14,15,16). The van der Waals surface area contributed by atoms with Gasteiger partial charge in [0.15, 0.2) is 0 Å². The molecule has 0 aliphatic carbocycles. The molecule has 0 aliphatic rings. The summed E-state index contributed by atoms with van der Waals surface area (Å²) in [5, 5.41) is 2.87. The van der Waals surface area contributed by atoms with Crippen LogP contribution in [0.4, 0.5) is 5.82 Å². The summed E-state index contributed by atoms with van der Waals surface area (Å²) in [4.78, 5) is 19.2. The molecule has 0 spiro atoms. The second-order valence-electron chi connectivity index (χ2n) is 3.29. The third kappa shape index (κ3) is 5.08. The van der Waals surface area contributed by atoms with Crippen molar-refractivity contribution in [2.45, 2.75) is 19.4 Å². The van der Waals surface area contributed by atoms with Gasteiger partial charge in [0.1, 0.15) is 17.3 Å². The number of hydrogen-bond acceptors (Lipinski definition) is 5. The lowest BCUT2D eigenvalue weighted by atomic mass is 10.2. The van der Waals surface area contributed by atoms with Crippen LogP contribution < -0.4 is 11.1 Å². The second kappa shape index (κ2) is 7.16. The van der Waals surface area contributed by atoms with Gasteiger partial charge in [0.05, 0.1) is 12.5 Å². The Morgan fingerprint density at radius 3 is 3.00 bits per heavy atom. The predicted octanol–water partition coefficient (Wildman–Crippen LogP) is 0.822. The molecule has 17 heavy (non-hydrogen) atoms. The van der Waals surface area contributed by atoms with Gasteiger partial charge in [0, 0.05) is 19.2 Å². The molecule has 3 N–H and O–H groups in total. The van der Waals surface area contributed by atoms with Gasteiger partial charge in [-0.05, 0) is 6.92 Å². The van der Waals surface area contributed by atoms with E-state index in [1.807, 2.05) is 6.92 Å².